The van der Waals surface area contributed by atoms with Crippen LogP contribution in [0.5, 0.6) is 0 Å². The highest BCUT2D eigenvalue weighted by Crippen LogP contribution is 2.14. The molecule has 0 aliphatic heterocycles. The molecule has 1 heterocycles. The van der Waals surface area contributed by atoms with Crippen LogP contribution < -0.4 is 4.72 Å². The second-order valence-corrected chi connectivity index (χ2v) is 6.27. The smallest absolute Gasteiger partial charge is 0.228 e. The number of nitrogens with zero attached hydrogens (tertiary/aromatic N) is 2. The van der Waals surface area contributed by atoms with Crippen molar-refractivity contribution in [3.8, 4) is 11.4 Å². The van der Waals surface area contributed by atoms with Crippen LogP contribution in [0.4, 0.5) is 0 Å². The van der Waals surface area contributed by atoms with Crippen LogP contribution in [0.1, 0.15) is 19.2 Å². The normalized spacial score (nSPS) is 11.7. The van der Waals surface area contributed by atoms with Gasteiger partial charge in [-0.2, -0.15) is 4.98 Å². The van der Waals surface area contributed by atoms with Gasteiger partial charge in [0, 0.05) is 18.5 Å². The monoisotopic (exact) mass is 295 g/mol. The van der Waals surface area contributed by atoms with Gasteiger partial charge in [0.25, 0.3) is 0 Å². The highest BCUT2D eigenvalue weighted by Gasteiger charge is 2.11. The molecule has 0 saturated heterocycles. The van der Waals surface area contributed by atoms with E-state index in [9.17, 15) is 8.42 Å². The summed E-state index contributed by atoms with van der Waals surface area (Å²) in [6.07, 6.45) is 0.969. The van der Waals surface area contributed by atoms with E-state index in [0.29, 0.717) is 24.6 Å². The van der Waals surface area contributed by atoms with Crippen molar-refractivity contribution in [2.75, 3.05) is 12.3 Å². The van der Waals surface area contributed by atoms with Gasteiger partial charge >= 0.3 is 0 Å². The number of benzene rings is 1. The van der Waals surface area contributed by atoms with Crippen LogP contribution >= 0.6 is 0 Å². The molecule has 0 radical (unpaired) electrons. The lowest BCUT2D eigenvalue weighted by Gasteiger charge is -2.02. The highest BCUT2D eigenvalue weighted by molar-refractivity contribution is 7.89. The summed E-state index contributed by atoms with van der Waals surface area (Å²) in [6.45, 7) is 2.09. The molecule has 6 nitrogen and oxygen atoms in total. The highest BCUT2D eigenvalue weighted by atomic mass is 32.2. The van der Waals surface area contributed by atoms with Gasteiger partial charge in [0.15, 0.2) is 0 Å². The van der Waals surface area contributed by atoms with E-state index in [1.54, 1.807) is 0 Å². The Bertz CT molecular complexity index is 638. The molecule has 0 unspecified atom stereocenters. The predicted octanol–water partition coefficient (Wildman–Crippen LogP) is 1.61. The summed E-state index contributed by atoms with van der Waals surface area (Å²) in [5.74, 6) is 1.06. The fourth-order valence-electron chi connectivity index (χ4n) is 1.72. The van der Waals surface area contributed by atoms with Gasteiger partial charge in [-0.3, -0.25) is 0 Å². The number of nitrogens with one attached hydrogen (secondary N) is 1. The van der Waals surface area contributed by atoms with Gasteiger partial charge in [0.2, 0.25) is 21.7 Å². The van der Waals surface area contributed by atoms with Crippen molar-refractivity contribution in [1.29, 1.82) is 0 Å². The summed E-state index contributed by atoms with van der Waals surface area (Å²) < 4.78 is 30.5. The molecule has 2 aromatic rings. The minimum atomic E-state index is -3.19. The molecule has 0 fully saturated rings. The molecule has 0 aliphatic carbocycles. The molecule has 20 heavy (non-hydrogen) atoms. The Balaban J connectivity index is 1.91. The van der Waals surface area contributed by atoms with E-state index in [0.717, 1.165) is 5.56 Å². The van der Waals surface area contributed by atoms with Crippen molar-refractivity contribution in [2.45, 2.75) is 19.8 Å². The summed E-state index contributed by atoms with van der Waals surface area (Å²) >= 11 is 0. The van der Waals surface area contributed by atoms with Crippen molar-refractivity contribution >= 4 is 10.0 Å². The number of hydrogen-bond donors (Lipinski definition) is 1. The predicted molar refractivity (Wildman–Crippen MR) is 75.5 cm³/mol. The van der Waals surface area contributed by atoms with Crippen LogP contribution in [0.25, 0.3) is 11.4 Å². The molecule has 1 aromatic carbocycles. The molecule has 7 heteroatoms. The van der Waals surface area contributed by atoms with E-state index >= 15 is 0 Å². The largest absolute Gasteiger partial charge is 0.339 e. The lowest BCUT2D eigenvalue weighted by atomic mass is 10.2. The van der Waals surface area contributed by atoms with Gasteiger partial charge in [0.05, 0.1) is 5.75 Å². The maximum absolute atomic E-state index is 11.5. The summed E-state index contributed by atoms with van der Waals surface area (Å²) in [4.78, 5) is 4.23. The average Bonchev–Trinajstić information content (AvgIpc) is 2.88. The molecular weight excluding hydrogens is 278 g/mol. The van der Waals surface area contributed by atoms with Crippen LogP contribution in [-0.4, -0.2) is 30.9 Å². The molecule has 0 atom stereocenters. The molecule has 1 N–H and O–H groups in total. The number of sulfonamides is 1. The van der Waals surface area contributed by atoms with Gasteiger partial charge in [-0.25, -0.2) is 13.1 Å². The Hall–Kier alpha value is -1.73. The SMILES string of the molecule is CCCS(=O)(=O)NCCc1nc(-c2ccccc2)no1. The second-order valence-electron chi connectivity index (χ2n) is 4.34. The van der Waals surface area contributed by atoms with E-state index < -0.39 is 10.0 Å². The van der Waals surface area contributed by atoms with Gasteiger partial charge in [-0.15, -0.1) is 0 Å². The molecule has 108 valence electrons. The summed E-state index contributed by atoms with van der Waals surface area (Å²) in [7, 11) is -3.19. The van der Waals surface area contributed by atoms with E-state index in [-0.39, 0.29) is 12.3 Å². The lowest BCUT2D eigenvalue weighted by molar-refractivity contribution is 0.379. The molecule has 0 bridgehead atoms. The standard InChI is InChI=1S/C13H17N3O3S/c1-2-10-20(17,18)14-9-8-12-15-13(16-19-12)11-6-4-3-5-7-11/h3-7,14H,2,8-10H2,1H3. The van der Waals surface area contributed by atoms with Gasteiger partial charge in [-0.05, 0) is 6.42 Å². The number of rotatable bonds is 7. The van der Waals surface area contributed by atoms with Crippen LogP contribution in [0.15, 0.2) is 34.9 Å². The molecule has 0 aliphatic rings. The van der Waals surface area contributed by atoms with Crippen molar-refractivity contribution in [1.82, 2.24) is 14.9 Å². The van der Waals surface area contributed by atoms with Crippen LogP contribution in [0, 0.1) is 0 Å². The quantitative estimate of drug-likeness (QED) is 0.838. The third-order valence-corrected chi connectivity index (χ3v) is 4.22. The first-order valence-electron chi connectivity index (χ1n) is 6.46. The Morgan fingerprint density at radius 1 is 1.25 bits per heavy atom. The van der Waals surface area contributed by atoms with Crippen LogP contribution in [0.2, 0.25) is 0 Å². The van der Waals surface area contributed by atoms with Gasteiger partial charge in [0.1, 0.15) is 0 Å². The first kappa shape index (κ1) is 14.7. The molecule has 2 rings (SSSR count). The second kappa shape index (κ2) is 6.62. The third-order valence-electron chi connectivity index (χ3n) is 2.63. The average molecular weight is 295 g/mol. The molecule has 0 amide bonds. The van der Waals surface area contributed by atoms with E-state index in [1.807, 2.05) is 37.3 Å². The minimum Gasteiger partial charge on any atom is -0.339 e. The van der Waals surface area contributed by atoms with Crippen LogP contribution in [-0.2, 0) is 16.4 Å². The zero-order chi connectivity index (χ0) is 14.4. The Morgan fingerprint density at radius 2 is 2.00 bits per heavy atom. The minimum absolute atomic E-state index is 0.131. The lowest BCUT2D eigenvalue weighted by Crippen LogP contribution is -2.28. The first-order valence-corrected chi connectivity index (χ1v) is 8.11. The fraction of sp³-hybridized carbons (Fsp3) is 0.385. The third kappa shape index (κ3) is 4.14. The molecule has 0 saturated carbocycles. The van der Waals surface area contributed by atoms with Crippen molar-refractivity contribution in [3.05, 3.63) is 36.2 Å². The topological polar surface area (TPSA) is 85.1 Å². The molecule has 1 aromatic heterocycles. The Morgan fingerprint density at radius 3 is 2.70 bits per heavy atom. The Kier molecular flexibility index (Phi) is 4.86. The van der Waals surface area contributed by atoms with Crippen molar-refractivity contribution < 1.29 is 12.9 Å². The summed E-state index contributed by atoms with van der Waals surface area (Å²) in [6, 6.07) is 9.47. The summed E-state index contributed by atoms with van der Waals surface area (Å²) in [5.41, 5.74) is 0.870. The number of aromatic nitrogens is 2. The van der Waals surface area contributed by atoms with Crippen LogP contribution in [0.3, 0.4) is 0 Å². The number of hydrogen-bond acceptors (Lipinski definition) is 5. The van der Waals surface area contributed by atoms with E-state index in [4.69, 9.17) is 4.52 Å². The van der Waals surface area contributed by atoms with E-state index in [2.05, 4.69) is 14.9 Å². The van der Waals surface area contributed by atoms with E-state index in [1.165, 1.54) is 0 Å². The van der Waals surface area contributed by atoms with Crippen molar-refractivity contribution in [2.24, 2.45) is 0 Å². The maximum atomic E-state index is 11.5. The van der Waals surface area contributed by atoms with Gasteiger partial charge < -0.3 is 4.52 Å². The Labute approximate surface area is 118 Å². The zero-order valence-corrected chi connectivity index (χ0v) is 12.1. The fourth-order valence-corrected chi connectivity index (χ4v) is 2.81. The first-order chi connectivity index (χ1) is 9.61. The maximum Gasteiger partial charge on any atom is 0.228 e. The van der Waals surface area contributed by atoms with Crippen molar-refractivity contribution in [3.63, 3.8) is 0 Å². The molecule has 0 spiro atoms. The zero-order valence-electron chi connectivity index (χ0n) is 11.2. The van der Waals surface area contributed by atoms with Gasteiger partial charge in [-0.1, -0.05) is 42.4 Å². The summed E-state index contributed by atoms with van der Waals surface area (Å²) in [5, 5.41) is 3.87. The molecular formula is C13H17N3O3S.